The summed E-state index contributed by atoms with van der Waals surface area (Å²) < 4.78 is 0. The van der Waals surface area contributed by atoms with Crippen molar-refractivity contribution in [3.63, 3.8) is 0 Å². The maximum absolute atomic E-state index is 12.4. The molecule has 0 fully saturated rings. The molecule has 1 rings (SSSR count). The first-order chi connectivity index (χ1) is 9.42. The highest BCUT2D eigenvalue weighted by atomic mass is 32.2. The number of hydrogen-bond donors (Lipinski definition) is 1. The minimum Gasteiger partial charge on any atom is -0.372 e. The van der Waals surface area contributed by atoms with Crippen molar-refractivity contribution in [2.75, 3.05) is 31.4 Å². The van der Waals surface area contributed by atoms with Crippen molar-refractivity contribution in [1.82, 2.24) is 9.88 Å². The highest BCUT2D eigenvalue weighted by Crippen LogP contribution is 2.21. The molecule has 8 heteroatoms. The van der Waals surface area contributed by atoms with Crippen molar-refractivity contribution in [2.24, 2.45) is 0 Å². The summed E-state index contributed by atoms with van der Waals surface area (Å²) in [5.41, 5.74) is 0.00965. The van der Waals surface area contributed by atoms with E-state index in [1.165, 1.54) is 6.07 Å². The predicted octanol–water partition coefficient (Wildman–Crippen LogP) is 1.85. The summed E-state index contributed by atoms with van der Waals surface area (Å²) in [5, 5.41) is 13.6. The average molecular weight is 298 g/mol. The van der Waals surface area contributed by atoms with Crippen LogP contribution in [0.25, 0.3) is 0 Å². The third-order valence-corrected chi connectivity index (χ3v) is 3.76. The number of thioether (sulfide) groups is 1. The number of rotatable bonds is 6. The van der Waals surface area contributed by atoms with Crippen molar-refractivity contribution in [2.45, 2.75) is 13.0 Å². The number of carbonyl (C=O) groups excluding carboxylic acids is 1. The topological polar surface area (TPSA) is 88.4 Å². The lowest BCUT2D eigenvalue weighted by atomic mass is 10.2. The van der Waals surface area contributed by atoms with Crippen molar-refractivity contribution >= 4 is 29.2 Å². The largest absolute Gasteiger partial charge is 0.372 e. The summed E-state index contributed by atoms with van der Waals surface area (Å²) >= 11 is 1.64. The van der Waals surface area contributed by atoms with Crippen molar-refractivity contribution in [3.05, 3.63) is 27.9 Å². The Morgan fingerprint density at radius 3 is 2.80 bits per heavy atom. The summed E-state index contributed by atoms with van der Waals surface area (Å²) in [6.45, 7) is 1.93. The normalized spacial score (nSPS) is 11.8. The van der Waals surface area contributed by atoms with Gasteiger partial charge in [0.05, 0.1) is 10.5 Å². The molecule has 1 unspecified atom stereocenters. The number of pyridine rings is 1. The molecular formula is C12H18N4O3S. The van der Waals surface area contributed by atoms with Crippen LogP contribution >= 0.6 is 11.8 Å². The number of nitrogens with zero attached hydrogens (tertiary/aromatic N) is 3. The smallest absolute Gasteiger partial charge is 0.288 e. The van der Waals surface area contributed by atoms with Gasteiger partial charge in [-0.05, 0) is 13.2 Å². The number of aromatic nitrogens is 1. The SMILES string of the molecule is CNc1ncc([N+](=O)[O-])cc1C(=O)N(C)C(C)CSC. The van der Waals surface area contributed by atoms with Crippen LogP contribution in [0, 0.1) is 10.1 Å². The van der Waals surface area contributed by atoms with E-state index >= 15 is 0 Å². The highest BCUT2D eigenvalue weighted by molar-refractivity contribution is 7.98. The van der Waals surface area contributed by atoms with Crippen molar-refractivity contribution in [1.29, 1.82) is 0 Å². The van der Waals surface area contributed by atoms with E-state index in [-0.39, 0.29) is 23.2 Å². The molecule has 1 amide bonds. The molecule has 20 heavy (non-hydrogen) atoms. The van der Waals surface area contributed by atoms with Gasteiger partial charge in [-0.3, -0.25) is 14.9 Å². The third-order valence-electron chi connectivity index (χ3n) is 2.94. The molecule has 1 atom stereocenters. The molecule has 0 bridgehead atoms. The summed E-state index contributed by atoms with van der Waals surface area (Å²) in [6, 6.07) is 1.28. The van der Waals surface area contributed by atoms with Gasteiger partial charge in [-0.15, -0.1) is 0 Å². The molecule has 1 aromatic heterocycles. The maximum Gasteiger partial charge on any atom is 0.288 e. The quantitative estimate of drug-likeness (QED) is 0.637. The van der Waals surface area contributed by atoms with Gasteiger partial charge >= 0.3 is 0 Å². The number of carbonyl (C=O) groups is 1. The summed E-state index contributed by atoms with van der Waals surface area (Å²) in [7, 11) is 3.30. The van der Waals surface area contributed by atoms with Crippen molar-refractivity contribution in [3.8, 4) is 0 Å². The zero-order chi connectivity index (χ0) is 15.3. The Bertz CT molecular complexity index is 509. The van der Waals surface area contributed by atoms with Gasteiger partial charge in [-0.1, -0.05) is 0 Å². The molecule has 7 nitrogen and oxygen atoms in total. The second-order valence-electron chi connectivity index (χ2n) is 4.32. The first kappa shape index (κ1) is 16.2. The van der Waals surface area contributed by atoms with Crippen LogP contribution < -0.4 is 5.32 Å². The lowest BCUT2D eigenvalue weighted by molar-refractivity contribution is -0.385. The van der Waals surface area contributed by atoms with Crippen LogP contribution in [0.3, 0.4) is 0 Å². The number of nitro groups is 1. The lowest BCUT2D eigenvalue weighted by Gasteiger charge is -2.24. The third kappa shape index (κ3) is 3.60. The summed E-state index contributed by atoms with van der Waals surface area (Å²) in [4.78, 5) is 28.2. The van der Waals surface area contributed by atoms with Crippen molar-refractivity contribution < 1.29 is 9.72 Å². The van der Waals surface area contributed by atoms with Gasteiger partial charge in [0.25, 0.3) is 11.6 Å². The molecule has 0 spiro atoms. The minimum atomic E-state index is -0.561. The van der Waals surface area contributed by atoms with Crippen LogP contribution in [0.4, 0.5) is 11.5 Å². The molecule has 0 aromatic carbocycles. The van der Waals surface area contributed by atoms with Gasteiger partial charge in [0.15, 0.2) is 0 Å². The van der Waals surface area contributed by atoms with E-state index in [0.29, 0.717) is 5.82 Å². The van der Waals surface area contributed by atoms with E-state index < -0.39 is 4.92 Å². The zero-order valence-corrected chi connectivity index (χ0v) is 12.7. The number of hydrogen-bond acceptors (Lipinski definition) is 6. The van der Waals surface area contributed by atoms with E-state index in [4.69, 9.17) is 0 Å². The van der Waals surface area contributed by atoms with E-state index in [0.717, 1.165) is 11.9 Å². The fraction of sp³-hybridized carbons (Fsp3) is 0.500. The molecule has 0 aliphatic carbocycles. The molecule has 0 aliphatic heterocycles. The zero-order valence-electron chi connectivity index (χ0n) is 11.9. The molecule has 1 N–H and O–H groups in total. The van der Waals surface area contributed by atoms with Crippen LogP contribution in [0.2, 0.25) is 0 Å². The number of anilines is 1. The van der Waals surface area contributed by atoms with Crippen LogP contribution in [-0.2, 0) is 0 Å². The highest BCUT2D eigenvalue weighted by Gasteiger charge is 2.23. The Kier molecular flexibility index (Phi) is 5.75. The molecule has 0 aliphatic rings. The summed E-state index contributed by atoms with van der Waals surface area (Å²) in [5.74, 6) is 0.843. The molecule has 1 heterocycles. The monoisotopic (exact) mass is 298 g/mol. The Morgan fingerprint density at radius 2 is 2.30 bits per heavy atom. The van der Waals surface area contributed by atoms with E-state index in [2.05, 4.69) is 10.3 Å². The second-order valence-corrected chi connectivity index (χ2v) is 5.23. The average Bonchev–Trinajstić information content (AvgIpc) is 2.45. The van der Waals surface area contributed by atoms with Crippen LogP contribution in [-0.4, -0.2) is 52.9 Å². The Labute approximate surface area is 121 Å². The van der Waals surface area contributed by atoms with E-state index in [1.54, 1.807) is 30.8 Å². The molecule has 0 radical (unpaired) electrons. The fourth-order valence-electron chi connectivity index (χ4n) is 1.66. The van der Waals surface area contributed by atoms with Gasteiger partial charge in [-0.2, -0.15) is 11.8 Å². The van der Waals surface area contributed by atoms with Gasteiger partial charge in [0, 0.05) is 32.0 Å². The minimum absolute atomic E-state index is 0.0291. The predicted molar refractivity (Wildman–Crippen MR) is 80.4 cm³/mol. The standard InChI is InChI=1S/C12H18N4O3S/c1-8(7-20-4)15(3)12(17)10-5-9(16(18)19)6-14-11(10)13-2/h5-6,8H,7H2,1-4H3,(H,13,14). The fourth-order valence-corrected chi connectivity index (χ4v) is 2.37. The lowest BCUT2D eigenvalue weighted by Crippen LogP contribution is -2.37. The molecule has 0 saturated heterocycles. The number of amides is 1. The van der Waals surface area contributed by atoms with Crippen LogP contribution in [0.5, 0.6) is 0 Å². The van der Waals surface area contributed by atoms with Gasteiger partial charge in [0.1, 0.15) is 12.0 Å². The summed E-state index contributed by atoms with van der Waals surface area (Å²) in [6.07, 6.45) is 3.09. The second kappa shape index (κ2) is 7.09. The molecule has 0 saturated carbocycles. The van der Waals surface area contributed by atoms with Gasteiger partial charge < -0.3 is 10.2 Å². The van der Waals surface area contributed by atoms with Crippen LogP contribution in [0.15, 0.2) is 12.3 Å². The van der Waals surface area contributed by atoms with Crippen LogP contribution in [0.1, 0.15) is 17.3 Å². The van der Waals surface area contributed by atoms with Gasteiger partial charge in [0.2, 0.25) is 0 Å². The Balaban J connectivity index is 3.12. The Hall–Kier alpha value is -1.83. The molecular weight excluding hydrogens is 280 g/mol. The Morgan fingerprint density at radius 1 is 1.65 bits per heavy atom. The van der Waals surface area contributed by atoms with E-state index in [9.17, 15) is 14.9 Å². The van der Waals surface area contributed by atoms with E-state index in [1.807, 2.05) is 13.2 Å². The number of nitrogens with one attached hydrogen (secondary N) is 1. The first-order valence-corrected chi connectivity index (χ1v) is 7.40. The molecule has 1 aromatic rings. The van der Waals surface area contributed by atoms with Gasteiger partial charge in [-0.25, -0.2) is 4.98 Å². The maximum atomic E-state index is 12.4. The first-order valence-electron chi connectivity index (χ1n) is 6.00. The molecule has 110 valence electrons.